The fourth-order valence-electron chi connectivity index (χ4n) is 4.38. The van der Waals surface area contributed by atoms with Gasteiger partial charge in [-0.2, -0.15) is 0 Å². The average Bonchev–Trinajstić information content (AvgIpc) is 3.01. The van der Waals surface area contributed by atoms with Gasteiger partial charge in [-0.3, -0.25) is 0 Å². The van der Waals surface area contributed by atoms with Gasteiger partial charge in [0.2, 0.25) is 0 Å². The summed E-state index contributed by atoms with van der Waals surface area (Å²) in [5.74, 6) is 2.09. The quantitative estimate of drug-likeness (QED) is 0.299. The highest BCUT2D eigenvalue weighted by Crippen LogP contribution is 2.40. The standard InChI is InChI=1S/C26H40O/c1-21(2)11-7-4-5-10-14-24-17-15-22(3)26(24)20-19-25(27)18-16-23-12-8-6-9-13-23/h5,8,10,12-13,19-20,22,24-27H,1,4,6-7,9,11,14-18H2,2-3H3/b10-5-,20-19+/t22-,24+,25+,26?/m1/s1. The zero-order chi connectivity index (χ0) is 19.5. The Morgan fingerprint density at radius 2 is 2.15 bits per heavy atom. The molecule has 1 fully saturated rings. The monoisotopic (exact) mass is 368 g/mol. The minimum absolute atomic E-state index is 0.313. The van der Waals surface area contributed by atoms with Crippen molar-refractivity contribution in [3.63, 3.8) is 0 Å². The third-order valence-corrected chi connectivity index (χ3v) is 6.13. The number of hydrogen-bond acceptors (Lipinski definition) is 1. The SMILES string of the molecule is C=C(C)CCC/C=C\C[C@H]1CC[C@@H](C)C1/C=C/[C@@H](O)CCC1=CCCC=C1. The largest absolute Gasteiger partial charge is 0.389 e. The molecule has 4 atom stereocenters. The molecule has 0 aromatic heterocycles. The molecule has 27 heavy (non-hydrogen) atoms. The molecule has 1 N–H and O–H groups in total. The molecule has 1 nitrogen and oxygen atoms in total. The summed E-state index contributed by atoms with van der Waals surface area (Å²) in [4.78, 5) is 0. The Labute approximate surface area is 167 Å². The summed E-state index contributed by atoms with van der Waals surface area (Å²) in [6, 6.07) is 0. The lowest BCUT2D eigenvalue weighted by atomic mass is 9.87. The Bertz CT molecular complexity index is 563. The molecule has 1 heteroatoms. The van der Waals surface area contributed by atoms with Gasteiger partial charge in [-0.1, -0.05) is 60.6 Å². The van der Waals surface area contributed by atoms with E-state index in [1.165, 1.54) is 43.3 Å². The van der Waals surface area contributed by atoms with Gasteiger partial charge in [0.1, 0.15) is 0 Å². The maximum absolute atomic E-state index is 10.4. The molecule has 2 aliphatic carbocycles. The lowest BCUT2D eigenvalue weighted by Crippen LogP contribution is -2.12. The van der Waals surface area contributed by atoms with E-state index in [4.69, 9.17) is 0 Å². The molecule has 0 radical (unpaired) electrons. The smallest absolute Gasteiger partial charge is 0.0724 e. The van der Waals surface area contributed by atoms with E-state index in [-0.39, 0.29) is 6.10 Å². The van der Waals surface area contributed by atoms with Gasteiger partial charge in [0.15, 0.2) is 0 Å². The number of unbranched alkanes of at least 4 members (excludes halogenated alkanes) is 1. The minimum Gasteiger partial charge on any atom is -0.389 e. The Kier molecular flexibility index (Phi) is 9.91. The first-order chi connectivity index (χ1) is 13.1. The molecule has 2 rings (SSSR count). The van der Waals surface area contributed by atoms with E-state index in [0.29, 0.717) is 5.92 Å². The van der Waals surface area contributed by atoms with Crippen molar-refractivity contribution in [2.75, 3.05) is 0 Å². The van der Waals surface area contributed by atoms with Crippen LogP contribution in [0.4, 0.5) is 0 Å². The first-order valence-electron chi connectivity index (χ1n) is 11.1. The highest BCUT2D eigenvalue weighted by atomic mass is 16.3. The number of rotatable bonds is 11. The van der Waals surface area contributed by atoms with E-state index in [9.17, 15) is 5.11 Å². The third-order valence-electron chi connectivity index (χ3n) is 6.13. The summed E-state index contributed by atoms with van der Waals surface area (Å²) in [7, 11) is 0. The van der Waals surface area contributed by atoms with Gasteiger partial charge >= 0.3 is 0 Å². The average molecular weight is 369 g/mol. The van der Waals surface area contributed by atoms with Crippen LogP contribution in [0, 0.1) is 17.8 Å². The van der Waals surface area contributed by atoms with Crippen LogP contribution < -0.4 is 0 Å². The fourth-order valence-corrected chi connectivity index (χ4v) is 4.38. The van der Waals surface area contributed by atoms with Gasteiger partial charge in [-0.05, 0) is 88.9 Å². The summed E-state index contributed by atoms with van der Waals surface area (Å²) in [6.07, 6.45) is 27.1. The van der Waals surface area contributed by atoms with Gasteiger partial charge in [0, 0.05) is 0 Å². The van der Waals surface area contributed by atoms with Crippen LogP contribution in [0.15, 0.2) is 60.3 Å². The third kappa shape index (κ3) is 8.47. The molecule has 0 aromatic carbocycles. The first kappa shape index (κ1) is 22.0. The molecule has 0 saturated heterocycles. The second kappa shape index (κ2) is 12.2. The Hall–Kier alpha value is -1.34. The zero-order valence-electron chi connectivity index (χ0n) is 17.6. The summed E-state index contributed by atoms with van der Waals surface area (Å²) >= 11 is 0. The molecular formula is C26H40O. The van der Waals surface area contributed by atoms with Gasteiger partial charge in [-0.25, -0.2) is 0 Å². The number of allylic oxidation sites excluding steroid dienone is 8. The normalized spacial score (nSPS) is 26.8. The van der Waals surface area contributed by atoms with Crippen molar-refractivity contribution in [1.29, 1.82) is 0 Å². The molecule has 1 unspecified atom stereocenters. The zero-order valence-corrected chi connectivity index (χ0v) is 17.6. The molecule has 0 aromatic rings. The molecular weight excluding hydrogens is 328 g/mol. The Morgan fingerprint density at radius 3 is 2.89 bits per heavy atom. The van der Waals surface area contributed by atoms with E-state index in [0.717, 1.165) is 43.9 Å². The highest BCUT2D eigenvalue weighted by molar-refractivity contribution is 5.22. The van der Waals surface area contributed by atoms with Crippen molar-refractivity contribution >= 4 is 0 Å². The lowest BCUT2D eigenvalue weighted by molar-refractivity contribution is 0.211. The van der Waals surface area contributed by atoms with Crippen molar-refractivity contribution in [3.8, 4) is 0 Å². The molecule has 1 saturated carbocycles. The summed E-state index contributed by atoms with van der Waals surface area (Å²) in [5.41, 5.74) is 2.67. The Balaban J connectivity index is 1.73. The molecule has 2 aliphatic rings. The van der Waals surface area contributed by atoms with E-state index < -0.39 is 0 Å². The van der Waals surface area contributed by atoms with Crippen LogP contribution in [0.1, 0.15) is 78.1 Å². The predicted octanol–water partition coefficient (Wildman–Crippen LogP) is 7.32. The van der Waals surface area contributed by atoms with Crippen LogP contribution in [-0.2, 0) is 0 Å². The predicted molar refractivity (Wildman–Crippen MR) is 119 cm³/mol. The van der Waals surface area contributed by atoms with Gasteiger partial charge in [-0.15, -0.1) is 6.58 Å². The number of aliphatic hydroxyl groups is 1. The highest BCUT2D eigenvalue weighted by Gasteiger charge is 2.30. The molecule has 0 spiro atoms. The summed E-state index contributed by atoms with van der Waals surface area (Å²) in [5, 5.41) is 10.4. The second-order valence-corrected chi connectivity index (χ2v) is 8.70. The van der Waals surface area contributed by atoms with Crippen LogP contribution in [-0.4, -0.2) is 11.2 Å². The van der Waals surface area contributed by atoms with Crippen molar-refractivity contribution in [2.24, 2.45) is 17.8 Å². The summed E-state index contributed by atoms with van der Waals surface area (Å²) in [6.45, 7) is 8.45. The molecule has 0 bridgehead atoms. The van der Waals surface area contributed by atoms with Crippen LogP contribution in [0.3, 0.4) is 0 Å². The van der Waals surface area contributed by atoms with Crippen molar-refractivity contribution in [2.45, 2.75) is 84.2 Å². The van der Waals surface area contributed by atoms with Gasteiger partial charge in [0.25, 0.3) is 0 Å². The maximum atomic E-state index is 10.4. The van der Waals surface area contributed by atoms with Crippen molar-refractivity contribution < 1.29 is 5.11 Å². The molecule has 0 amide bonds. The van der Waals surface area contributed by atoms with E-state index in [1.54, 1.807) is 0 Å². The first-order valence-corrected chi connectivity index (χ1v) is 11.1. The van der Waals surface area contributed by atoms with Gasteiger partial charge in [0.05, 0.1) is 6.10 Å². The van der Waals surface area contributed by atoms with E-state index in [1.807, 2.05) is 0 Å². The van der Waals surface area contributed by atoms with E-state index in [2.05, 4.69) is 63.0 Å². The van der Waals surface area contributed by atoms with Gasteiger partial charge < -0.3 is 5.11 Å². The second-order valence-electron chi connectivity index (χ2n) is 8.70. The van der Waals surface area contributed by atoms with E-state index >= 15 is 0 Å². The lowest BCUT2D eigenvalue weighted by Gasteiger charge is -2.19. The maximum Gasteiger partial charge on any atom is 0.0724 e. The number of aliphatic hydroxyl groups excluding tert-OH is 1. The number of hydrogen-bond donors (Lipinski definition) is 1. The van der Waals surface area contributed by atoms with Crippen LogP contribution in [0.5, 0.6) is 0 Å². The van der Waals surface area contributed by atoms with Crippen LogP contribution in [0.25, 0.3) is 0 Å². The van der Waals surface area contributed by atoms with Crippen LogP contribution >= 0.6 is 0 Å². The topological polar surface area (TPSA) is 20.2 Å². The minimum atomic E-state index is -0.313. The van der Waals surface area contributed by atoms with Crippen LogP contribution in [0.2, 0.25) is 0 Å². The molecule has 0 aliphatic heterocycles. The molecule has 150 valence electrons. The molecule has 0 heterocycles. The Morgan fingerprint density at radius 1 is 1.30 bits per heavy atom. The summed E-state index contributed by atoms with van der Waals surface area (Å²) < 4.78 is 0. The van der Waals surface area contributed by atoms with Crippen molar-refractivity contribution in [3.05, 3.63) is 60.3 Å². The van der Waals surface area contributed by atoms with Crippen molar-refractivity contribution in [1.82, 2.24) is 0 Å². The fraction of sp³-hybridized carbons (Fsp3) is 0.615.